The number of hydrogen-bond acceptors (Lipinski definition) is 4. The van der Waals surface area contributed by atoms with Crippen LogP contribution in [0, 0.1) is 0 Å². The molecule has 0 atom stereocenters. The maximum Gasteiger partial charge on any atom is 0.180 e. The Kier molecular flexibility index (Phi) is 2.41. The zero-order valence-corrected chi connectivity index (χ0v) is 9.39. The number of morpholine rings is 1. The summed E-state index contributed by atoms with van der Waals surface area (Å²) in [6.07, 6.45) is 5.37. The lowest BCUT2D eigenvalue weighted by Crippen LogP contribution is -2.37. The topological polar surface area (TPSA) is 42.7 Å². The first-order chi connectivity index (χ1) is 7.84. The van der Waals surface area contributed by atoms with Gasteiger partial charge in [-0.1, -0.05) is 11.6 Å². The van der Waals surface area contributed by atoms with Gasteiger partial charge in [-0.2, -0.15) is 0 Å². The van der Waals surface area contributed by atoms with Crippen LogP contribution >= 0.6 is 11.6 Å². The summed E-state index contributed by atoms with van der Waals surface area (Å²) in [7, 11) is 0. The Morgan fingerprint density at radius 2 is 2.12 bits per heavy atom. The first-order valence-corrected chi connectivity index (χ1v) is 5.54. The lowest BCUT2D eigenvalue weighted by molar-refractivity contribution is 0.122. The number of rotatable bonds is 1. The van der Waals surface area contributed by atoms with Crippen LogP contribution in [0.15, 0.2) is 18.6 Å². The van der Waals surface area contributed by atoms with E-state index in [4.69, 9.17) is 16.3 Å². The molecule has 0 bridgehead atoms. The molecule has 84 valence electrons. The summed E-state index contributed by atoms with van der Waals surface area (Å²) in [6, 6.07) is 0. The van der Waals surface area contributed by atoms with E-state index >= 15 is 0 Å². The molecule has 5 nitrogen and oxygen atoms in total. The van der Waals surface area contributed by atoms with Gasteiger partial charge in [-0.3, -0.25) is 0 Å². The molecule has 1 aliphatic rings. The van der Waals surface area contributed by atoms with Crippen molar-refractivity contribution < 1.29 is 4.74 Å². The molecular weight excluding hydrogens is 228 g/mol. The molecule has 2 aromatic rings. The molecule has 0 N–H and O–H groups in total. The lowest BCUT2D eigenvalue weighted by atomic mass is 10.4. The number of ether oxygens (including phenoxy) is 1. The average molecular weight is 239 g/mol. The minimum absolute atomic E-state index is 0.479. The second kappa shape index (κ2) is 3.92. The Morgan fingerprint density at radius 1 is 1.31 bits per heavy atom. The summed E-state index contributed by atoms with van der Waals surface area (Å²) in [4.78, 5) is 10.8. The fourth-order valence-electron chi connectivity index (χ4n) is 1.87. The van der Waals surface area contributed by atoms with Gasteiger partial charge in [0.1, 0.15) is 5.15 Å². The molecule has 0 spiro atoms. The van der Waals surface area contributed by atoms with Crippen molar-refractivity contribution in [2.75, 3.05) is 31.2 Å². The minimum Gasteiger partial charge on any atom is -0.378 e. The molecule has 0 amide bonds. The number of aromatic nitrogens is 3. The molecule has 16 heavy (non-hydrogen) atoms. The van der Waals surface area contributed by atoms with E-state index in [1.54, 1.807) is 12.4 Å². The molecule has 0 aliphatic carbocycles. The summed E-state index contributed by atoms with van der Waals surface area (Å²) in [5.41, 5.74) is 0.839. The van der Waals surface area contributed by atoms with Crippen LogP contribution in [0.4, 0.5) is 5.82 Å². The zero-order chi connectivity index (χ0) is 11.0. The molecule has 3 heterocycles. The lowest BCUT2D eigenvalue weighted by Gasteiger charge is -2.27. The van der Waals surface area contributed by atoms with Crippen LogP contribution in [-0.2, 0) is 4.74 Å². The van der Waals surface area contributed by atoms with Crippen molar-refractivity contribution in [1.82, 2.24) is 14.4 Å². The van der Waals surface area contributed by atoms with E-state index in [-0.39, 0.29) is 0 Å². The molecule has 0 aromatic carbocycles. The third-order valence-corrected chi connectivity index (χ3v) is 2.82. The quantitative estimate of drug-likeness (QED) is 0.749. The zero-order valence-electron chi connectivity index (χ0n) is 8.64. The van der Waals surface area contributed by atoms with Gasteiger partial charge in [0.25, 0.3) is 0 Å². The van der Waals surface area contributed by atoms with Crippen molar-refractivity contribution in [2.24, 2.45) is 0 Å². The maximum atomic E-state index is 5.98. The predicted octanol–water partition coefficient (Wildman–Crippen LogP) is 1.22. The highest BCUT2D eigenvalue weighted by Gasteiger charge is 2.17. The van der Waals surface area contributed by atoms with Crippen LogP contribution in [0.25, 0.3) is 5.65 Å². The van der Waals surface area contributed by atoms with E-state index in [0.717, 1.165) is 37.8 Å². The van der Waals surface area contributed by atoms with Crippen molar-refractivity contribution in [1.29, 1.82) is 0 Å². The fourth-order valence-corrected chi connectivity index (χ4v) is 2.06. The van der Waals surface area contributed by atoms with Crippen LogP contribution in [0.2, 0.25) is 5.15 Å². The first-order valence-electron chi connectivity index (χ1n) is 5.16. The molecule has 1 aliphatic heterocycles. The number of halogens is 1. The summed E-state index contributed by atoms with van der Waals surface area (Å²) in [5, 5.41) is 0.479. The van der Waals surface area contributed by atoms with Gasteiger partial charge in [0, 0.05) is 31.7 Å². The smallest absolute Gasteiger partial charge is 0.180 e. The number of fused-ring (bicyclic) bond motifs is 1. The highest BCUT2D eigenvalue weighted by molar-refractivity contribution is 6.29. The Balaban J connectivity index is 2.09. The highest BCUT2D eigenvalue weighted by Crippen LogP contribution is 2.21. The number of hydrogen-bond donors (Lipinski definition) is 0. The number of imidazole rings is 1. The molecule has 2 aromatic heterocycles. The Bertz CT molecular complexity index is 506. The van der Waals surface area contributed by atoms with E-state index in [1.165, 1.54) is 0 Å². The Morgan fingerprint density at radius 3 is 2.94 bits per heavy atom. The molecule has 0 saturated carbocycles. The van der Waals surface area contributed by atoms with Crippen LogP contribution in [0.3, 0.4) is 0 Å². The van der Waals surface area contributed by atoms with Gasteiger partial charge in [0.2, 0.25) is 0 Å². The summed E-state index contributed by atoms with van der Waals surface area (Å²) >= 11 is 5.98. The van der Waals surface area contributed by atoms with E-state index in [9.17, 15) is 0 Å². The predicted molar refractivity (Wildman–Crippen MR) is 61.0 cm³/mol. The SMILES string of the molecule is Clc1cn2ccnc2c(N2CCOCC2)n1. The van der Waals surface area contributed by atoms with Crippen LogP contribution in [-0.4, -0.2) is 40.7 Å². The Labute approximate surface area is 97.6 Å². The van der Waals surface area contributed by atoms with Gasteiger partial charge in [-0.05, 0) is 0 Å². The van der Waals surface area contributed by atoms with E-state index in [1.807, 2.05) is 10.6 Å². The highest BCUT2D eigenvalue weighted by atomic mass is 35.5. The average Bonchev–Trinajstić information content (AvgIpc) is 2.77. The van der Waals surface area contributed by atoms with Gasteiger partial charge < -0.3 is 14.0 Å². The van der Waals surface area contributed by atoms with E-state index < -0.39 is 0 Å². The molecule has 0 unspecified atom stereocenters. The summed E-state index contributed by atoms with van der Waals surface area (Å²) in [5.74, 6) is 0.834. The van der Waals surface area contributed by atoms with Gasteiger partial charge in [-0.25, -0.2) is 9.97 Å². The monoisotopic (exact) mass is 238 g/mol. The van der Waals surface area contributed by atoms with Gasteiger partial charge in [0.05, 0.1) is 13.2 Å². The second-order valence-corrected chi connectivity index (χ2v) is 4.03. The van der Waals surface area contributed by atoms with Crippen molar-refractivity contribution in [3.63, 3.8) is 0 Å². The van der Waals surface area contributed by atoms with Gasteiger partial charge in [0.15, 0.2) is 11.5 Å². The summed E-state index contributed by atoms with van der Waals surface area (Å²) < 4.78 is 7.20. The third kappa shape index (κ3) is 1.62. The molecule has 3 rings (SSSR count). The van der Waals surface area contributed by atoms with E-state index in [2.05, 4.69) is 14.9 Å². The second-order valence-electron chi connectivity index (χ2n) is 3.64. The van der Waals surface area contributed by atoms with Crippen molar-refractivity contribution >= 4 is 23.1 Å². The molecule has 1 fully saturated rings. The molecule has 1 saturated heterocycles. The first kappa shape index (κ1) is 9.86. The third-order valence-electron chi connectivity index (χ3n) is 2.64. The number of anilines is 1. The minimum atomic E-state index is 0.479. The maximum absolute atomic E-state index is 5.98. The Hall–Kier alpha value is -1.33. The largest absolute Gasteiger partial charge is 0.378 e. The van der Waals surface area contributed by atoms with Crippen LogP contribution in [0.1, 0.15) is 0 Å². The van der Waals surface area contributed by atoms with E-state index in [0.29, 0.717) is 5.15 Å². The normalized spacial score (nSPS) is 16.9. The van der Waals surface area contributed by atoms with Gasteiger partial charge in [-0.15, -0.1) is 0 Å². The molecule has 6 heteroatoms. The van der Waals surface area contributed by atoms with Crippen LogP contribution in [0.5, 0.6) is 0 Å². The number of nitrogens with zero attached hydrogens (tertiary/aromatic N) is 4. The van der Waals surface area contributed by atoms with Gasteiger partial charge >= 0.3 is 0 Å². The van der Waals surface area contributed by atoms with Crippen molar-refractivity contribution in [3.05, 3.63) is 23.7 Å². The molecular formula is C10H11ClN4O. The molecule has 0 radical (unpaired) electrons. The van der Waals surface area contributed by atoms with Crippen molar-refractivity contribution in [3.8, 4) is 0 Å². The standard InChI is InChI=1S/C10H11ClN4O/c11-8-7-15-2-1-12-9(15)10(13-8)14-3-5-16-6-4-14/h1-2,7H,3-6H2. The fraction of sp³-hybridized carbons (Fsp3) is 0.400. The van der Waals surface area contributed by atoms with Crippen LogP contribution < -0.4 is 4.90 Å². The van der Waals surface area contributed by atoms with Crippen molar-refractivity contribution in [2.45, 2.75) is 0 Å². The summed E-state index contributed by atoms with van der Waals surface area (Å²) in [6.45, 7) is 3.11.